The van der Waals surface area contributed by atoms with Gasteiger partial charge in [0, 0.05) is 0 Å². The van der Waals surface area contributed by atoms with Gasteiger partial charge in [0.15, 0.2) is 5.75 Å². The van der Waals surface area contributed by atoms with Crippen LogP contribution in [0.1, 0.15) is 5.69 Å². The minimum atomic E-state index is -0.595. The van der Waals surface area contributed by atoms with Crippen LogP contribution in [0.5, 0.6) is 11.6 Å². The Hall–Kier alpha value is -1.69. The van der Waals surface area contributed by atoms with Crippen LogP contribution in [-0.2, 0) is 0 Å². The number of nitrogens with two attached hydrogens (primary N) is 1. The van der Waals surface area contributed by atoms with Crippen molar-refractivity contribution in [2.45, 2.75) is 6.92 Å². The lowest BCUT2D eigenvalue weighted by Crippen LogP contribution is -1.99. The fraction of sp³-hybridized carbons (Fsp3) is 0.0909. The molecule has 1 aromatic heterocycles. The molecular formula is C11H9BrFN3O. The zero-order valence-electron chi connectivity index (χ0n) is 8.95. The normalized spacial score (nSPS) is 10.3. The van der Waals surface area contributed by atoms with Gasteiger partial charge in [0.2, 0.25) is 5.82 Å². The van der Waals surface area contributed by atoms with E-state index in [1.807, 2.05) is 0 Å². The molecule has 2 N–H and O–H groups in total. The molecule has 88 valence electrons. The second-order valence-corrected chi connectivity index (χ2v) is 4.19. The van der Waals surface area contributed by atoms with Gasteiger partial charge >= 0.3 is 0 Å². The molecule has 4 nitrogen and oxygen atoms in total. The average Bonchev–Trinajstić information content (AvgIpc) is 2.29. The van der Waals surface area contributed by atoms with Crippen molar-refractivity contribution in [2.24, 2.45) is 0 Å². The van der Waals surface area contributed by atoms with Crippen LogP contribution < -0.4 is 10.5 Å². The summed E-state index contributed by atoms with van der Waals surface area (Å²) in [5, 5.41) is 0. The van der Waals surface area contributed by atoms with E-state index in [9.17, 15) is 4.39 Å². The standard InChI is InChI=1S/C11H9BrFN3O/c1-6-9(13)11(16-5-15-6)17-10-7(12)3-2-4-8(10)14/h2-5H,14H2,1H3. The van der Waals surface area contributed by atoms with Crippen molar-refractivity contribution in [1.82, 2.24) is 9.97 Å². The average molecular weight is 298 g/mol. The predicted octanol–water partition coefficient (Wildman–Crippen LogP) is 3.06. The van der Waals surface area contributed by atoms with Crippen LogP contribution in [0.2, 0.25) is 0 Å². The largest absolute Gasteiger partial charge is 0.433 e. The summed E-state index contributed by atoms with van der Waals surface area (Å²) < 4.78 is 19.6. The summed E-state index contributed by atoms with van der Waals surface area (Å²) in [6, 6.07) is 5.16. The highest BCUT2D eigenvalue weighted by atomic mass is 79.9. The Morgan fingerprint density at radius 1 is 1.35 bits per heavy atom. The molecule has 1 heterocycles. The first kappa shape index (κ1) is 11.8. The number of para-hydroxylation sites is 1. The van der Waals surface area contributed by atoms with Crippen LogP contribution in [0.15, 0.2) is 29.0 Å². The van der Waals surface area contributed by atoms with Crippen LogP contribution in [0.3, 0.4) is 0 Å². The van der Waals surface area contributed by atoms with Gasteiger partial charge in [0.25, 0.3) is 5.88 Å². The third kappa shape index (κ3) is 2.36. The lowest BCUT2D eigenvalue weighted by molar-refractivity contribution is 0.416. The Morgan fingerprint density at radius 3 is 2.82 bits per heavy atom. The topological polar surface area (TPSA) is 61.0 Å². The number of benzene rings is 1. The van der Waals surface area contributed by atoms with E-state index in [0.717, 1.165) is 0 Å². The molecule has 0 unspecified atom stereocenters. The number of aromatic nitrogens is 2. The van der Waals surface area contributed by atoms with Crippen LogP contribution >= 0.6 is 15.9 Å². The smallest absolute Gasteiger partial charge is 0.259 e. The Balaban J connectivity index is 2.42. The lowest BCUT2D eigenvalue weighted by Gasteiger charge is -2.10. The van der Waals surface area contributed by atoms with E-state index in [4.69, 9.17) is 10.5 Å². The van der Waals surface area contributed by atoms with Crippen LogP contribution in [0, 0.1) is 12.7 Å². The molecule has 0 radical (unpaired) electrons. The van der Waals surface area contributed by atoms with Crippen molar-refractivity contribution in [3.05, 3.63) is 40.5 Å². The van der Waals surface area contributed by atoms with Gasteiger partial charge in [0.1, 0.15) is 6.33 Å². The minimum absolute atomic E-state index is 0.142. The van der Waals surface area contributed by atoms with E-state index in [1.54, 1.807) is 18.2 Å². The summed E-state index contributed by atoms with van der Waals surface area (Å²) in [6.07, 6.45) is 1.24. The second kappa shape index (κ2) is 4.67. The first-order chi connectivity index (χ1) is 8.09. The molecule has 0 fully saturated rings. The quantitative estimate of drug-likeness (QED) is 0.866. The van der Waals surface area contributed by atoms with Gasteiger partial charge in [-0.25, -0.2) is 4.98 Å². The Kier molecular flexibility index (Phi) is 3.23. The fourth-order valence-corrected chi connectivity index (χ4v) is 1.70. The number of aryl methyl sites for hydroxylation is 1. The third-order valence-electron chi connectivity index (χ3n) is 2.13. The summed E-state index contributed by atoms with van der Waals surface area (Å²) >= 11 is 3.28. The number of halogens is 2. The van der Waals surface area contributed by atoms with E-state index >= 15 is 0 Å². The highest BCUT2D eigenvalue weighted by Crippen LogP contribution is 2.34. The molecule has 1 aromatic carbocycles. The van der Waals surface area contributed by atoms with Gasteiger partial charge < -0.3 is 10.5 Å². The Bertz CT molecular complexity index is 542. The maximum absolute atomic E-state index is 13.6. The van der Waals surface area contributed by atoms with Crippen molar-refractivity contribution in [2.75, 3.05) is 5.73 Å². The molecular weight excluding hydrogens is 289 g/mol. The van der Waals surface area contributed by atoms with Crippen molar-refractivity contribution in [3.8, 4) is 11.6 Å². The first-order valence-corrected chi connectivity index (χ1v) is 5.58. The summed E-state index contributed by atoms with van der Waals surface area (Å²) in [7, 11) is 0. The summed E-state index contributed by atoms with van der Waals surface area (Å²) in [4.78, 5) is 7.45. The molecule has 2 aromatic rings. The number of hydrogen-bond acceptors (Lipinski definition) is 4. The molecule has 6 heteroatoms. The van der Waals surface area contributed by atoms with Gasteiger partial charge in [-0.15, -0.1) is 0 Å². The zero-order valence-corrected chi connectivity index (χ0v) is 10.5. The van der Waals surface area contributed by atoms with Gasteiger partial charge in [-0.1, -0.05) is 6.07 Å². The molecule has 0 spiro atoms. The van der Waals surface area contributed by atoms with E-state index in [1.165, 1.54) is 13.3 Å². The number of nitrogen functional groups attached to an aromatic ring is 1. The number of ether oxygens (including phenoxy) is 1. The van der Waals surface area contributed by atoms with Crippen LogP contribution in [-0.4, -0.2) is 9.97 Å². The van der Waals surface area contributed by atoms with Crippen LogP contribution in [0.25, 0.3) is 0 Å². The zero-order chi connectivity index (χ0) is 12.4. The SMILES string of the molecule is Cc1ncnc(Oc2c(N)cccc2Br)c1F. The maximum atomic E-state index is 13.6. The van der Waals surface area contributed by atoms with Crippen molar-refractivity contribution < 1.29 is 9.13 Å². The number of anilines is 1. The summed E-state index contributed by atoms with van der Waals surface area (Å²) in [5.74, 6) is -0.400. The van der Waals surface area contributed by atoms with Crippen LogP contribution in [0.4, 0.5) is 10.1 Å². The third-order valence-corrected chi connectivity index (χ3v) is 2.75. The molecule has 2 rings (SSSR count). The first-order valence-electron chi connectivity index (χ1n) is 4.78. The predicted molar refractivity (Wildman–Crippen MR) is 65.4 cm³/mol. The second-order valence-electron chi connectivity index (χ2n) is 3.34. The molecule has 0 bridgehead atoms. The number of hydrogen-bond donors (Lipinski definition) is 1. The van der Waals surface area contributed by atoms with E-state index in [2.05, 4.69) is 25.9 Å². The highest BCUT2D eigenvalue weighted by Gasteiger charge is 2.13. The number of nitrogens with zero attached hydrogens (tertiary/aromatic N) is 2. The van der Waals surface area contributed by atoms with E-state index in [-0.39, 0.29) is 11.6 Å². The monoisotopic (exact) mass is 297 g/mol. The maximum Gasteiger partial charge on any atom is 0.259 e. The molecule has 0 aliphatic heterocycles. The van der Waals surface area contributed by atoms with E-state index in [0.29, 0.717) is 15.9 Å². The molecule has 0 aliphatic rings. The Labute approximate surface area is 106 Å². The molecule has 17 heavy (non-hydrogen) atoms. The van der Waals surface area contributed by atoms with Gasteiger partial charge in [-0.2, -0.15) is 9.37 Å². The summed E-state index contributed by atoms with van der Waals surface area (Å²) in [5.41, 5.74) is 6.36. The van der Waals surface area contributed by atoms with Crippen molar-refractivity contribution >= 4 is 21.6 Å². The van der Waals surface area contributed by atoms with Gasteiger partial charge in [-0.05, 0) is 35.0 Å². The highest BCUT2D eigenvalue weighted by molar-refractivity contribution is 9.10. The van der Waals surface area contributed by atoms with Gasteiger partial charge in [0.05, 0.1) is 15.9 Å². The Morgan fingerprint density at radius 2 is 2.12 bits per heavy atom. The van der Waals surface area contributed by atoms with Crippen molar-refractivity contribution in [3.63, 3.8) is 0 Å². The minimum Gasteiger partial charge on any atom is -0.433 e. The lowest BCUT2D eigenvalue weighted by atomic mass is 10.3. The summed E-state index contributed by atoms with van der Waals surface area (Å²) in [6.45, 7) is 1.53. The molecule has 0 saturated carbocycles. The molecule has 0 aliphatic carbocycles. The van der Waals surface area contributed by atoms with Crippen molar-refractivity contribution in [1.29, 1.82) is 0 Å². The molecule has 0 amide bonds. The van der Waals surface area contributed by atoms with E-state index < -0.39 is 5.82 Å². The molecule has 0 saturated heterocycles. The number of rotatable bonds is 2. The molecule has 0 atom stereocenters. The van der Waals surface area contributed by atoms with Gasteiger partial charge in [-0.3, -0.25) is 0 Å². The fourth-order valence-electron chi connectivity index (χ4n) is 1.24.